The number of amides is 2. The molecule has 3 aromatic rings. The van der Waals surface area contributed by atoms with Gasteiger partial charge in [0.05, 0.1) is 12.5 Å². The molecule has 1 atom stereocenters. The minimum absolute atomic E-state index is 0.0112. The molecule has 1 fully saturated rings. The van der Waals surface area contributed by atoms with Crippen LogP contribution in [0.2, 0.25) is 0 Å². The number of rotatable bonds is 7. The summed E-state index contributed by atoms with van der Waals surface area (Å²) in [4.78, 5) is 31.8. The zero-order chi connectivity index (χ0) is 24.2. The lowest BCUT2D eigenvalue weighted by molar-refractivity contribution is -0.121. The quantitative estimate of drug-likeness (QED) is 0.543. The predicted octanol–water partition coefficient (Wildman–Crippen LogP) is 3.97. The maximum atomic E-state index is 12.7. The highest BCUT2D eigenvalue weighted by molar-refractivity contribution is 5.93. The molecule has 2 amide bonds. The number of anilines is 1. The van der Waals surface area contributed by atoms with Crippen molar-refractivity contribution in [2.45, 2.75) is 46.1 Å². The predicted molar refractivity (Wildman–Crippen MR) is 127 cm³/mol. The second-order valence-electron chi connectivity index (χ2n) is 9.15. The normalized spacial score (nSPS) is 16.6. The summed E-state index contributed by atoms with van der Waals surface area (Å²) in [5.74, 6) is 1.54. The maximum absolute atomic E-state index is 12.7. The number of hydrogen-bond acceptors (Lipinski definition) is 7. The Morgan fingerprint density at radius 1 is 1.26 bits per heavy atom. The molecule has 1 unspecified atom stereocenters. The van der Waals surface area contributed by atoms with Crippen LogP contribution in [0.4, 0.5) is 5.69 Å². The summed E-state index contributed by atoms with van der Waals surface area (Å²) in [5.41, 5.74) is 2.30. The van der Waals surface area contributed by atoms with Gasteiger partial charge in [-0.3, -0.25) is 9.59 Å². The minimum atomic E-state index is -0.335. The van der Waals surface area contributed by atoms with E-state index in [1.165, 1.54) is 0 Å². The molecule has 1 aromatic carbocycles. The van der Waals surface area contributed by atoms with Crippen LogP contribution in [-0.4, -0.2) is 47.0 Å². The van der Waals surface area contributed by atoms with E-state index in [0.717, 1.165) is 31.5 Å². The second kappa shape index (κ2) is 10.2. The summed E-state index contributed by atoms with van der Waals surface area (Å²) >= 11 is 0. The van der Waals surface area contributed by atoms with Crippen LogP contribution in [0, 0.1) is 12.8 Å². The second-order valence-corrected chi connectivity index (χ2v) is 9.15. The van der Waals surface area contributed by atoms with Gasteiger partial charge in [0.2, 0.25) is 11.8 Å². The smallest absolute Gasteiger partial charge is 0.273 e. The molecule has 3 heterocycles. The first-order chi connectivity index (χ1) is 16.3. The summed E-state index contributed by atoms with van der Waals surface area (Å²) in [6.45, 7) is 7.74. The number of nitrogens with one attached hydrogen (secondary N) is 2. The first kappa shape index (κ1) is 23.7. The molecule has 0 spiro atoms. The Morgan fingerprint density at radius 3 is 2.82 bits per heavy atom. The molecule has 0 aliphatic carbocycles. The number of oxazole rings is 1. The molecule has 0 radical (unpaired) electrons. The summed E-state index contributed by atoms with van der Waals surface area (Å²) in [7, 11) is 2.04. The topological polar surface area (TPSA) is 114 Å². The van der Waals surface area contributed by atoms with E-state index in [-0.39, 0.29) is 35.9 Å². The zero-order valence-corrected chi connectivity index (χ0v) is 20.1. The van der Waals surface area contributed by atoms with Gasteiger partial charge in [-0.1, -0.05) is 25.1 Å². The van der Waals surface area contributed by atoms with Crippen molar-refractivity contribution in [3.63, 3.8) is 0 Å². The summed E-state index contributed by atoms with van der Waals surface area (Å²) < 4.78 is 11.0. The number of piperidine rings is 1. The standard InChI is InChI=1S/C25H31N5O4/c1-15(2)22-12-20(29-34-22)24(32)26-13-21-16(3)33-25(28-21)17-7-5-9-19(11-17)27-23(31)18-8-6-10-30(4)14-18/h5,7,9,11-12,15,18H,6,8,10,13-14H2,1-4H3,(H,26,32)(H,27,31). The molecule has 2 N–H and O–H groups in total. The molecule has 2 aromatic heterocycles. The fourth-order valence-corrected chi connectivity index (χ4v) is 3.99. The highest BCUT2D eigenvalue weighted by Gasteiger charge is 2.24. The molecule has 4 rings (SSSR count). The van der Waals surface area contributed by atoms with Gasteiger partial charge in [0, 0.05) is 29.8 Å². The molecule has 9 nitrogen and oxygen atoms in total. The van der Waals surface area contributed by atoms with Gasteiger partial charge in [0.1, 0.15) is 17.2 Å². The molecule has 180 valence electrons. The van der Waals surface area contributed by atoms with Gasteiger partial charge in [-0.25, -0.2) is 4.98 Å². The van der Waals surface area contributed by atoms with E-state index in [9.17, 15) is 9.59 Å². The summed E-state index contributed by atoms with van der Waals surface area (Å²) in [6, 6.07) is 9.08. The van der Waals surface area contributed by atoms with Crippen molar-refractivity contribution >= 4 is 17.5 Å². The van der Waals surface area contributed by atoms with Crippen molar-refractivity contribution in [1.29, 1.82) is 0 Å². The number of carbonyl (C=O) groups is 2. The van der Waals surface area contributed by atoms with Crippen LogP contribution in [0.15, 0.2) is 39.3 Å². The lowest BCUT2D eigenvalue weighted by Crippen LogP contribution is -2.38. The van der Waals surface area contributed by atoms with Crippen LogP contribution in [-0.2, 0) is 11.3 Å². The molecule has 1 saturated heterocycles. The fraction of sp³-hybridized carbons (Fsp3) is 0.440. The van der Waals surface area contributed by atoms with Gasteiger partial charge >= 0.3 is 0 Å². The molecule has 34 heavy (non-hydrogen) atoms. The SMILES string of the molecule is Cc1oc(-c2cccc(NC(=O)C3CCCN(C)C3)c2)nc1CNC(=O)c1cc(C(C)C)on1. The Bertz CT molecular complexity index is 1170. The Kier molecular flexibility index (Phi) is 7.12. The van der Waals surface area contributed by atoms with Crippen LogP contribution in [0.25, 0.3) is 11.5 Å². The van der Waals surface area contributed by atoms with Crippen LogP contribution in [0.1, 0.15) is 60.3 Å². The molecular formula is C25H31N5O4. The van der Waals surface area contributed by atoms with Crippen LogP contribution >= 0.6 is 0 Å². The number of hydrogen-bond donors (Lipinski definition) is 2. The Morgan fingerprint density at radius 2 is 2.09 bits per heavy atom. The van der Waals surface area contributed by atoms with Crippen molar-refractivity contribution < 1.29 is 18.5 Å². The van der Waals surface area contributed by atoms with Gasteiger partial charge in [-0.05, 0) is 51.6 Å². The van der Waals surface area contributed by atoms with Gasteiger partial charge in [-0.2, -0.15) is 0 Å². The third-order valence-corrected chi connectivity index (χ3v) is 6.01. The van der Waals surface area contributed by atoms with Crippen molar-refractivity contribution in [3.05, 3.63) is 53.2 Å². The molecule has 1 aliphatic rings. The van der Waals surface area contributed by atoms with Gasteiger partial charge in [0.15, 0.2) is 5.69 Å². The average Bonchev–Trinajstić information content (AvgIpc) is 3.45. The number of aryl methyl sites for hydroxylation is 1. The van der Waals surface area contributed by atoms with E-state index in [1.54, 1.807) is 13.0 Å². The van der Waals surface area contributed by atoms with Crippen molar-refractivity contribution in [2.75, 3.05) is 25.5 Å². The summed E-state index contributed by atoms with van der Waals surface area (Å²) in [6.07, 6.45) is 1.93. The Hall–Kier alpha value is -3.46. The van der Waals surface area contributed by atoms with Crippen molar-refractivity contribution in [3.8, 4) is 11.5 Å². The van der Waals surface area contributed by atoms with E-state index >= 15 is 0 Å². The first-order valence-electron chi connectivity index (χ1n) is 11.6. The van der Waals surface area contributed by atoms with Gasteiger partial charge < -0.3 is 24.5 Å². The van der Waals surface area contributed by atoms with E-state index in [1.807, 2.05) is 45.2 Å². The van der Waals surface area contributed by atoms with E-state index in [2.05, 4.69) is 25.7 Å². The van der Waals surface area contributed by atoms with Crippen LogP contribution in [0.3, 0.4) is 0 Å². The lowest BCUT2D eigenvalue weighted by atomic mass is 9.97. The third kappa shape index (κ3) is 5.53. The molecular weight excluding hydrogens is 434 g/mol. The molecule has 0 bridgehead atoms. The number of nitrogens with zero attached hydrogens (tertiary/aromatic N) is 3. The zero-order valence-electron chi connectivity index (χ0n) is 20.1. The number of likely N-dealkylation sites (tertiary alicyclic amines) is 1. The number of aromatic nitrogens is 2. The lowest BCUT2D eigenvalue weighted by Gasteiger charge is -2.28. The Labute approximate surface area is 198 Å². The van der Waals surface area contributed by atoms with Crippen molar-refractivity contribution in [1.82, 2.24) is 20.4 Å². The van der Waals surface area contributed by atoms with E-state index in [0.29, 0.717) is 28.8 Å². The molecule has 0 saturated carbocycles. The monoisotopic (exact) mass is 465 g/mol. The largest absolute Gasteiger partial charge is 0.441 e. The van der Waals surface area contributed by atoms with E-state index in [4.69, 9.17) is 8.94 Å². The van der Waals surface area contributed by atoms with Crippen LogP contribution < -0.4 is 10.6 Å². The van der Waals surface area contributed by atoms with Gasteiger partial charge in [0.25, 0.3) is 5.91 Å². The summed E-state index contributed by atoms with van der Waals surface area (Å²) in [5, 5.41) is 9.66. The Balaban J connectivity index is 1.40. The fourth-order valence-electron chi connectivity index (χ4n) is 3.99. The molecule has 1 aliphatic heterocycles. The first-order valence-corrected chi connectivity index (χ1v) is 11.6. The van der Waals surface area contributed by atoms with Crippen molar-refractivity contribution in [2.24, 2.45) is 5.92 Å². The van der Waals surface area contributed by atoms with Gasteiger partial charge in [-0.15, -0.1) is 0 Å². The minimum Gasteiger partial charge on any atom is -0.441 e. The number of benzene rings is 1. The van der Waals surface area contributed by atoms with E-state index < -0.39 is 0 Å². The number of carbonyl (C=O) groups excluding carboxylic acids is 2. The molecule has 9 heteroatoms. The van der Waals surface area contributed by atoms with Crippen LogP contribution in [0.5, 0.6) is 0 Å². The highest BCUT2D eigenvalue weighted by Crippen LogP contribution is 2.25. The third-order valence-electron chi connectivity index (χ3n) is 6.01. The average molecular weight is 466 g/mol. The highest BCUT2D eigenvalue weighted by atomic mass is 16.5. The maximum Gasteiger partial charge on any atom is 0.273 e.